The van der Waals surface area contributed by atoms with Crippen molar-refractivity contribution >= 4 is 29.1 Å². The van der Waals surface area contributed by atoms with E-state index in [1.807, 2.05) is 0 Å². The summed E-state index contributed by atoms with van der Waals surface area (Å²) in [6, 6.07) is 8.78. The Labute approximate surface area is 109 Å². The van der Waals surface area contributed by atoms with Crippen LogP contribution in [-0.2, 0) is 0 Å². The molecule has 2 N–H and O–H groups in total. The second-order valence-electron chi connectivity index (χ2n) is 3.45. The van der Waals surface area contributed by atoms with Crippen LogP contribution in [0.1, 0.15) is 5.56 Å². The van der Waals surface area contributed by atoms with Crippen LogP contribution in [0.3, 0.4) is 0 Å². The Balaban J connectivity index is 2.30. The predicted molar refractivity (Wildman–Crippen MR) is 71.0 cm³/mol. The Bertz CT molecular complexity index is 606. The van der Waals surface area contributed by atoms with Gasteiger partial charge in [0.1, 0.15) is 5.82 Å². The highest BCUT2D eigenvalue weighted by Crippen LogP contribution is 2.25. The monoisotopic (exact) mass is 259 g/mol. The maximum atomic E-state index is 8.84. The highest BCUT2D eigenvalue weighted by Gasteiger charge is 2.04. The Morgan fingerprint density at radius 3 is 2.89 bits per heavy atom. The van der Waals surface area contributed by atoms with Crippen molar-refractivity contribution in [3.63, 3.8) is 0 Å². The first kappa shape index (κ1) is 12.1. The summed E-state index contributed by atoms with van der Waals surface area (Å²) in [5, 5.41) is 15.3. The minimum absolute atomic E-state index is 0.507. The summed E-state index contributed by atoms with van der Waals surface area (Å²) < 4.78 is 0. The number of rotatable bonds is 3. The average molecular weight is 260 g/mol. The van der Waals surface area contributed by atoms with E-state index in [9.17, 15) is 0 Å². The number of aromatic nitrogens is 2. The van der Waals surface area contributed by atoms with E-state index in [4.69, 9.17) is 16.9 Å². The topological polar surface area (TPSA) is 73.6 Å². The van der Waals surface area contributed by atoms with Crippen LogP contribution in [0.15, 0.2) is 30.5 Å². The molecular formula is C12H10ClN5. The zero-order chi connectivity index (χ0) is 13.0. The van der Waals surface area contributed by atoms with Crippen LogP contribution in [0.4, 0.5) is 17.5 Å². The lowest BCUT2D eigenvalue weighted by Crippen LogP contribution is -2.00. The third kappa shape index (κ3) is 2.67. The number of hydrogen-bond donors (Lipinski definition) is 2. The van der Waals surface area contributed by atoms with Crippen LogP contribution >= 0.6 is 11.6 Å². The zero-order valence-electron chi connectivity index (χ0n) is 9.61. The third-order valence-corrected chi connectivity index (χ3v) is 2.57. The van der Waals surface area contributed by atoms with E-state index in [1.54, 1.807) is 37.5 Å². The lowest BCUT2D eigenvalue weighted by atomic mass is 10.2. The summed E-state index contributed by atoms with van der Waals surface area (Å²) in [6.07, 6.45) is 1.63. The predicted octanol–water partition coefficient (Wildman–Crippen LogP) is 2.79. The van der Waals surface area contributed by atoms with Crippen LogP contribution in [0, 0.1) is 11.3 Å². The number of nitrogens with one attached hydrogen (secondary N) is 2. The summed E-state index contributed by atoms with van der Waals surface area (Å²) in [4.78, 5) is 8.22. The minimum Gasteiger partial charge on any atom is -0.357 e. The molecule has 1 aromatic heterocycles. The molecule has 0 aliphatic carbocycles. The molecule has 5 nitrogen and oxygen atoms in total. The molecule has 0 bridgehead atoms. The first-order chi connectivity index (χ1) is 8.72. The second kappa shape index (κ2) is 5.34. The molecule has 18 heavy (non-hydrogen) atoms. The minimum atomic E-state index is 0.507. The molecule has 90 valence electrons. The number of benzene rings is 1. The van der Waals surface area contributed by atoms with Crippen LogP contribution in [0.5, 0.6) is 0 Å². The molecule has 0 aliphatic rings. The van der Waals surface area contributed by atoms with Crippen molar-refractivity contribution in [3.05, 3.63) is 41.0 Å². The summed E-state index contributed by atoms with van der Waals surface area (Å²) in [6.45, 7) is 0. The first-order valence-electron chi connectivity index (χ1n) is 5.20. The molecule has 0 saturated heterocycles. The van der Waals surface area contributed by atoms with Gasteiger partial charge >= 0.3 is 0 Å². The number of anilines is 3. The smallest absolute Gasteiger partial charge is 0.224 e. The average Bonchev–Trinajstić information content (AvgIpc) is 2.41. The van der Waals surface area contributed by atoms with Crippen molar-refractivity contribution in [2.24, 2.45) is 0 Å². The highest BCUT2D eigenvalue weighted by molar-refractivity contribution is 6.33. The van der Waals surface area contributed by atoms with Crippen LogP contribution in [0.2, 0.25) is 5.02 Å². The van der Waals surface area contributed by atoms with Gasteiger partial charge in [0, 0.05) is 13.2 Å². The lowest BCUT2D eigenvalue weighted by molar-refractivity contribution is 1.15. The van der Waals surface area contributed by atoms with Crippen molar-refractivity contribution in [1.29, 1.82) is 5.26 Å². The van der Waals surface area contributed by atoms with E-state index in [0.717, 1.165) is 0 Å². The van der Waals surface area contributed by atoms with Crippen molar-refractivity contribution in [3.8, 4) is 6.07 Å². The molecule has 1 heterocycles. The molecule has 2 rings (SSSR count). The normalized spacial score (nSPS) is 9.61. The molecule has 0 atom stereocenters. The van der Waals surface area contributed by atoms with Gasteiger partial charge in [-0.05, 0) is 24.3 Å². The molecule has 0 amide bonds. The molecule has 2 aromatic rings. The SMILES string of the molecule is CNc1nccc(Nc2cc(C#N)ccc2Cl)n1. The van der Waals surface area contributed by atoms with E-state index in [-0.39, 0.29) is 0 Å². The molecule has 0 unspecified atom stereocenters. The van der Waals surface area contributed by atoms with Gasteiger partial charge in [-0.3, -0.25) is 0 Å². The Morgan fingerprint density at radius 1 is 1.33 bits per heavy atom. The van der Waals surface area contributed by atoms with Crippen molar-refractivity contribution in [1.82, 2.24) is 9.97 Å². The van der Waals surface area contributed by atoms with E-state index in [2.05, 4.69) is 26.7 Å². The first-order valence-corrected chi connectivity index (χ1v) is 5.58. The summed E-state index contributed by atoms with van der Waals surface area (Å²) in [5.74, 6) is 1.11. The molecule has 1 aromatic carbocycles. The zero-order valence-corrected chi connectivity index (χ0v) is 10.4. The van der Waals surface area contributed by atoms with Gasteiger partial charge in [0.2, 0.25) is 5.95 Å². The van der Waals surface area contributed by atoms with Gasteiger partial charge in [-0.2, -0.15) is 10.2 Å². The standard InChI is InChI=1S/C12H10ClN5/c1-15-12-16-5-4-11(18-12)17-10-6-8(7-14)2-3-9(10)13/h2-6H,1H3,(H2,15,16,17,18). The van der Waals surface area contributed by atoms with Gasteiger partial charge in [0.15, 0.2) is 0 Å². The molecule has 0 aliphatic heterocycles. The number of halogens is 1. The highest BCUT2D eigenvalue weighted by atomic mass is 35.5. The molecule has 0 radical (unpaired) electrons. The molecule has 0 fully saturated rings. The fourth-order valence-electron chi connectivity index (χ4n) is 1.38. The van der Waals surface area contributed by atoms with Gasteiger partial charge in [-0.25, -0.2) is 4.98 Å². The third-order valence-electron chi connectivity index (χ3n) is 2.24. The molecule has 6 heteroatoms. The Kier molecular flexibility index (Phi) is 3.60. The van der Waals surface area contributed by atoms with Crippen molar-refractivity contribution in [2.45, 2.75) is 0 Å². The van der Waals surface area contributed by atoms with Crippen LogP contribution in [-0.4, -0.2) is 17.0 Å². The van der Waals surface area contributed by atoms with Gasteiger partial charge in [-0.15, -0.1) is 0 Å². The Morgan fingerprint density at radius 2 is 2.17 bits per heavy atom. The molecule has 0 saturated carbocycles. The van der Waals surface area contributed by atoms with E-state index < -0.39 is 0 Å². The Hall–Kier alpha value is -2.32. The summed E-state index contributed by atoms with van der Waals surface area (Å²) in [5.41, 5.74) is 1.17. The largest absolute Gasteiger partial charge is 0.357 e. The number of hydrogen-bond acceptors (Lipinski definition) is 5. The summed E-state index contributed by atoms with van der Waals surface area (Å²) in [7, 11) is 1.74. The quantitative estimate of drug-likeness (QED) is 0.887. The maximum Gasteiger partial charge on any atom is 0.224 e. The van der Waals surface area contributed by atoms with Gasteiger partial charge in [-0.1, -0.05) is 11.6 Å². The van der Waals surface area contributed by atoms with E-state index >= 15 is 0 Å². The van der Waals surface area contributed by atoms with Gasteiger partial charge < -0.3 is 10.6 Å². The van der Waals surface area contributed by atoms with Crippen LogP contribution < -0.4 is 10.6 Å². The van der Waals surface area contributed by atoms with Crippen molar-refractivity contribution < 1.29 is 0 Å². The second-order valence-corrected chi connectivity index (χ2v) is 3.85. The molecule has 0 spiro atoms. The van der Waals surface area contributed by atoms with Crippen molar-refractivity contribution in [2.75, 3.05) is 17.7 Å². The van der Waals surface area contributed by atoms with E-state index in [0.29, 0.717) is 28.0 Å². The number of nitrogens with zero attached hydrogens (tertiary/aromatic N) is 3. The fourth-order valence-corrected chi connectivity index (χ4v) is 1.54. The fraction of sp³-hybridized carbons (Fsp3) is 0.0833. The maximum absolute atomic E-state index is 8.84. The molecular weight excluding hydrogens is 250 g/mol. The van der Waals surface area contributed by atoms with Gasteiger partial charge in [0.05, 0.1) is 22.3 Å². The summed E-state index contributed by atoms with van der Waals surface area (Å²) >= 11 is 6.05. The van der Waals surface area contributed by atoms with Crippen LogP contribution in [0.25, 0.3) is 0 Å². The number of nitriles is 1. The lowest BCUT2D eigenvalue weighted by Gasteiger charge is -2.08. The van der Waals surface area contributed by atoms with E-state index in [1.165, 1.54) is 0 Å². The van der Waals surface area contributed by atoms with Gasteiger partial charge in [0.25, 0.3) is 0 Å².